The van der Waals surface area contributed by atoms with Crippen LogP contribution < -0.4 is 0 Å². The van der Waals surface area contributed by atoms with Crippen molar-refractivity contribution in [1.82, 2.24) is 4.90 Å². The summed E-state index contributed by atoms with van der Waals surface area (Å²) in [6, 6.07) is 0. The van der Waals surface area contributed by atoms with Gasteiger partial charge in [-0.3, -0.25) is 0 Å². The molecular formula is C13H25NO. The van der Waals surface area contributed by atoms with Gasteiger partial charge in [-0.1, -0.05) is 26.2 Å². The molecule has 2 nitrogen and oxygen atoms in total. The van der Waals surface area contributed by atoms with Crippen molar-refractivity contribution in [2.45, 2.75) is 51.6 Å². The highest BCUT2D eigenvalue weighted by molar-refractivity contribution is 4.84. The van der Waals surface area contributed by atoms with E-state index in [0.29, 0.717) is 0 Å². The number of rotatable bonds is 3. The number of fused-ring (bicyclic) bond motifs is 1. The number of aliphatic hydroxyl groups is 1. The van der Waals surface area contributed by atoms with Crippen LogP contribution in [0.3, 0.4) is 0 Å². The SMILES string of the molecule is CCC(O)CN1CCC2CCCCC2C1. The largest absolute Gasteiger partial charge is 0.392 e. The Kier molecular flexibility index (Phi) is 4.04. The number of likely N-dealkylation sites (tertiary alicyclic amines) is 1. The zero-order chi connectivity index (χ0) is 10.7. The lowest BCUT2D eigenvalue weighted by Gasteiger charge is -2.41. The maximum Gasteiger partial charge on any atom is 0.0664 e. The van der Waals surface area contributed by atoms with E-state index in [-0.39, 0.29) is 6.10 Å². The second-order valence-corrected chi connectivity index (χ2v) is 5.41. The van der Waals surface area contributed by atoms with Crippen molar-refractivity contribution >= 4 is 0 Å². The Bertz CT molecular complexity index is 195. The summed E-state index contributed by atoms with van der Waals surface area (Å²) in [5.74, 6) is 1.95. The fourth-order valence-corrected chi connectivity index (χ4v) is 3.27. The highest BCUT2D eigenvalue weighted by Gasteiger charge is 2.31. The molecule has 2 aliphatic rings. The molecule has 2 fully saturated rings. The van der Waals surface area contributed by atoms with Crippen LogP contribution in [-0.2, 0) is 0 Å². The first-order valence-electron chi connectivity index (χ1n) is 6.70. The first kappa shape index (κ1) is 11.4. The first-order chi connectivity index (χ1) is 7.29. The van der Waals surface area contributed by atoms with Gasteiger partial charge in [-0.25, -0.2) is 0 Å². The number of hydrogen-bond donors (Lipinski definition) is 1. The number of piperidine rings is 1. The lowest BCUT2D eigenvalue weighted by atomic mass is 9.75. The van der Waals surface area contributed by atoms with Crippen molar-refractivity contribution < 1.29 is 5.11 Å². The summed E-state index contributed by atoms with van der Waals surface area (Å²) >= 11 is 0. The molecule has 2 heteroatoms. The normalized spacial score (nSPS) is 34.8. The van der Waals surface area contributed by atoms with Crippen LogP contribution in [0.4, 0.5) is 0 Å². The molecule has 88 valence electrons. The average Bonchev–Trinajstić information content (AvgIpc) is 2.29. The molecule has 0 radical (unpaired) electrons. The molecule has 1 N–H and O–H groups in total. The molecule has 0 aromatic carbocycles. The molecule has 1 heterocycles. The monoisotopic (exact) mass is 211 g/mol. The predicted molar refractivity (Wildman–Crippen MR) is 62.8 cm³/mol. The molecule has 1 aliphatic carbocycles. The van der Waals surface area contributed by atoms with Gasteiger partial charge in [0.15, 0.2) is 0 Å². The average molecular weight is 211 g/mol. The maximum absolute atomic E-state index is 9.66. The fraction of sp³-hybridized carbons (Fsp3) is 1.00. The van der Waals surface area contributed by atoms with Gasteiger partial charge in [-0.15, -0.1) is 0 Å². The molecular weight excluding hydrogens is 186 g/mol. The van der Waals surface area contributed by atoms with Gasteiger partial charge >= 0.3 is 0 Å². The topological polar surface area (TPSA) is 23.5 Å². The van der Waals surface area contributed by atoms with Gasteiger partial charge in [0.05, 0.1) is 6.10 Å². The molecule has 3 unspecified atom stereocenters. The van der Waals surface area contributed by atoms with Gasteiger partial charge in [0, 0.05) is 13.1 Å². The van der Waals surface area contributed by atoms with Gasteiger partial charge in [-0.05, 0) is 37.6 Å². The van der Waals surface area contributed by atoms with Crippen molar-refractivity contribution in [3.63, 3.8) is 0 Å². The molecule has 0 bridgehead atoms. The van der Waals surface area contributed by atoms with Crippen LogP contribution in [0.5, 0.6) is 0 Å². The minimum atomic E-state index is -0.106. The highest BCUT2D eigenvalue weighted by atomic mass is 16.3. The van der Waals surface area contributed by atoms with Crippen LogP contribution in [0.25, 0.3) is 0 Å². The third kappa shape index (κ3) is 2.94. The lowest BCUT2D eigenvalue weighted by molar-refractivity contribution is 0.0452. The highest BCUT2D eigenvalue weighted by Crippen LogP contribution is 2.35. The summed E-state index contributed by atoms with van der Waals surface area (Å²) in [5.41, 5.74) is 0. The van der Waals surface area contributed by atoms with Gasteiger partial charge in [-0.2, -0.15) is 0 Å². The van der Waals surface area contributed by atoms with Crippen LogP contribution in [-0.4, -0.2) is 35.7 Å². The zero-order valence-electron chi connectivity index (χ0n) is 9.99. The lowest BCUT2D eigenvalue weighted by Crippen LogP contribution is -2.44. The number of β-amino-alcohol motifs (C(OH)–C–C–N with tert-alkyl or cyclic N) is 1. The summed E-state index contributed by atoms with van der Waals surface area (Å²) in [5, 5.41) is 9.66. The first-order valence-corrected chi connectivity index (χ1v) is 6.70. The third-order valence-electron chi connectivity index (χ3n) is 4.32. The Morgan fingerprint density at radius 1 is 1.20 bits per heavy atom. The van der Waals surface area contributed by atoms with E-state index in [9.17, 15) is 5.11 Å². The molecule has 0 aromatic rings. The minimum absolute atomic E-state index is 0.106. The maximum atomic E-state index is 9.66. The van der Waals surface area contributed by atoms with E-state index in [1.165, 1.54) is 45.2 Å². The van der Waals surface area contributed by atoms with E-state index in [1.54, 1.807) is 0 Å². The predicted octanol–water partition coefficient (Wildman–Crippen LogP) is 2.27. The van der Waals surface area contributed by atoms with E-state index >= 15 is 0 Å². The van der Waals surface area contributed by atoms with Crippen LogP contribution in [0, 0.1) is 11.8 Å². The summed E-state index contributed by atoms with van der Waals surface area (Å²) in [6.45, 7) is 5.44. The molecule has 1 saturated heterocycles. The third-order valence-corrected chi connectivity index (χ3v) is 4.32. The van der Waals surface area contributed by atoms with E-state index in [1.807, 2.05) is 0 Å². The van der Waals surface area contributed by atoms with Crippen LogP contribution >= 0.6 is 0 Å². The minimum Gasteiger partial charge on any atom is -0.392 e. The molecule has 1 saturated carbocycles. The van der Waals surface area contributed by atoms with E-state index in [4.69, 9.17) is 0 Å². The van der Waals surface area contributed by atoms with Gasteiger partial charge in [0.25, 0.3) is 0 Å². The van der Waals surface area contributed by atoms with E-state index in [2.05, 4.69) is 11.8 Å². The smallest absolute Gasteiger partial charge is 0.0664 e. The second kappa shape index (κ2) is 5.31. The van der Waals surface area contributed by atoms with Crippen molar-refractivity contribution in [3.8, 4) is 0 Å². The molecule has 0 aromatic heterocycles. The van der Waals surface area contributed by atoms with Gasteiger partial charge in [0.1, 0.15) is 0 Å². The zero-order valence-corrected chi connectivity index (χ0v) is 9.99. The summed E-state index contributed by atoms with van der Waals surface area (Å²) in [6.07, 6.45) is 7.96. The Balaban J connectivity index is 1.80. The van der Waals surface area contributed by atoms with Crippen molar-refractivity contribution in [3.05, 3.63) is 0 Å². The Hall–Kier alpha value is -0.0800. The Morgan fingerprint density at radius 3 is 2.67 bits per heavy atom. The van der Waals surface area contributed by atoms with Gasteiger partial charge < -0.3 is 10.0 Å². The number of nitrogens with zero attached hydrogens (tertiary/aromatic N) is 1. The Labute approximate surface area is 93.7 Å². The molecule has 1 aliphatic heterocycles. The molecule has 0 spiro atoms. The second-order valence-electron chi connectivity index (χ2n) is 5.41. The number of hydrogen-bond acceptors (Lipinski definition) is 2. The summed E-state index contributed by atoms with van der Waals surface area (Å²) in [4.78, 5) is 2.49. The van der Waals surface area contributed by atoms with Crippen molar-refractivity contribution in [1.29, 1.82) is 0 Å². The fourth-order valence-electron chi connectivity index (χ4n) is 3.27. The quantitative estimate of drug-likeness (QED) is 0.774. The molecule has 3 atom stereocenters. The van der Waals surface area contributed by atoms with Crippen LogP contribution in [0.1, 0.15) is 45.4 Å². The standard InChI is InChI=1S/C13H25NO/c1-2-13(15)10-14-8-7-11-5-3-4-6-12(11)9-14/h11-13,15H,2-10H2,1H3. The summed E-state index contributed by atoms with van der Waals surface area (Å²) < 4.78 is 0. The van der Waals surface area contributed by atoms with Crippen LogP contribution in [0.2, 0.25) is 0 Å². The van der Waals surface area contributed by atoms with E-state index < -0.39 is 0 Å². The number of aliphatic hydroxyl groups excluding tert-OH is 1. The van der Waals surface area contributed by atoms with Crippen LogP contribution in [0.15, 0.2) is 0 Å². The van der Waals surface area contributed by atoms with E-state index in [0.717, 1.165) is 24.8 Å². The van der Waals surface area contributed by atoms with Gasteiger partial charge in [0.2, 0.25) is 0 Å². The Morgan fingerprint density at radius 2 is 1.93 bits per heavy atom. The van der Waals surface area contributed by atoms with Crippen molar-refractivity contribution in [2.75, 3.05) is 19.6 Å². The molecule has 2 rings (SSSR count). The molecule has 0 amide bonds. The molecule has 15 heavy (non-hydrogen) atoms. The van der Waals surface area contributed by atoms with Crippen molar-refractivity contribution in [2.24, 2.45) is 11.8 Å². The summed E-state index contributed by atoms with van der Waals surface area (Å²) in [7, 11) is 0.